The second kappa shape index (κ2) is 8.12. The highest BCUT2D eigenvalue weighted by Gasteiger charge is 2.17. The Hall–Kier alpha value is -3.45. The molecule has 154 valence electrons. The van der Waals surface area contributed by atoms with Crippen LogP contribution in [0.1, 0.15) is 16.7 Å². The Balaban J connectivity index is 1.47. The largest absolute Gasteiger partial charge is 0.350 e. The summed E-state index contributed by atoms with van der Waals surface area (Å²) in [5.41, 5.74) is 4.02. The number of fused-ring (bicyclic) bond motifs is 2. The summed E-state index contributed by atoms with van der Waals surface area (Å²) in [5, 5.41) is 3.97. The quantitative estimate of drug-likeness (QED) is 0.680. The van der Waals surface area contributed by atoms with Gasteiger partial charge in [-0.05, 0) is 36.4 Å². The SMILES string of the molecule is CN1CC(=O)Nc2ncc(/C=C/C(=O)N(C)Cc3cn(C)c4ccccc34)cc2C1. The van der Waals surface area contributed by atoms with E-state index < -0.39 is 0 Å². The molecule has 1 N–H and O–H groups in total. The third-order valence-corrected chi connectivity index (χ3v) is 5.28. The number of anilines is 1. The lowest BCUT2D eigenvalue weighted by molar-refractivity contribution is -0.125. The summed E-state index contributed by atoms with van der Waals surface area (Å²) >= 11 is 0. The highest BCUT2D eigenvalue weighted by Crippen LogP contribution is 2.22. The van der Waals surface area contributed by atoms with Crippen LogP contribution in [0, 0.1) is 0 Å². The predicted molar refractivity (Wildman–Crippen MR) is 118 cm³/mol. The minimum atomic E-state index is -0.0803. The predicted octanol–water partition coefficient (Wildman–Crippen LogP) is 2.63. The van der Waals surface area contributed by atoms with Crippen molar-refractivity contribution in [2.45, 2.75) is 13.1 Å². The van der Waals surface area contributed by atoms with E-state index >= 15 is 0 Å². The number of likely N-dealkylation sites (N-methyl/N-ethyl adjacent to an activating group) is 2. The lowest BCUT2D eigenvalue weighted by Crippen LogP contribution is -2.26. The first-order chi connectivity index (χ1) is 14.4. The van der Waals surface area contributed by atoms with Crippen LogP contribution >= 0.6 is 0 Å². The monoisotopic (exact) mass is 403 g/mol. The molecule has 0 radical (unpaired) electrons. The van der Waals surface area contributed by atoms with E-state index in [-0.39, 0.29) is 11.8 Å². The number of hydrogen-bond acceptors (Lipinski definition) is 4. The van der Waals surface area contributed by atoms with Crippen LogP contribution < -0.4 is 5.32 Å². The first kappa shape index (κ1) is 19.8. The molecule has 0 atom stereocenters. The Labute approximate surface area is 175 Å². The maximum absolute atomic E-state index is 12.6. The van der Waals surface area contributed by atoms with Crippen molar-refractivity contribution in [3.63, 3.8) is 0 Å². The third-order valence-electron chi connectivity index (χ3n) is 5.28. The molecule has 0 fully saturated rings. The van der Waals surface area contributed by atoms with Crippen molar-refractivity contribution >= 4 is 34.6 Å². The standard InChI is InChI=1S/C23H25N5O2/c1-26-12-17-10-16(11-24-23(17)25-21(29)15-26)8-9-22(30)28(3)14-18-13-27(2)20-7-5-4-6-19(18)20/h4-11,13H,12,14-15H2,1-3H3,(H,24,25,29)/b9-8+. The first-order valence-corrected chi connectivity index (χ1v) is 9.84. The molecular weight excluding hydrogens is 378 g/mol. The first-order valence-electron chi connectivity index (χ1n) is 9.84. The second-order valence-electron chi connectivity index (χ2n) is 7.81. The Morgan fingerprint density at radius 3 is 2.90 bits per heavy atom. The van der Waals surface area contributed by atoms with E-state index in [9.17, 15) is 9.59 Å². The zero-order valence-corrected chi connectivity index (χ0v) is 17.4. The normalized spacial score (nSPS) is 14.6. The van der Waals surface area contributed by atoms with Gasteiger partial charge in [0.25, 0.3) is 0 Å². The Morgan fingerprint density at radius 1 is 1.27 bits per heavy atom. The summed E-state index contributed by atoms with van der Waals surface area (Å²) < 4.78 is 2.08. The molecule has 7 nitrogen and oxygen atoms in total. The van der Waals surface area contributed by atoms with Crippen molar-refractivity contribution in [3.8, 4) is 0 Å². The molecule has 1 aromatic carbocycles. The number of nitrogens with zero attached hydrogens (tertiary/aromatic N) is 4. The van der Waals surface area contributed by atoms with Crippen LogP contribution in [0.3, 0.4) is 0 Å². The number of pyridine rings is 1. The van der Waals surface area contributed by atoms with E-state index in [4.69, 9.17) is 0 Å². The van der Waals surface area contributed by atoms with Crippen molar-refractivity contribution in [2.24, 2.45) is 7.05 Å². The van der Waals surface area contributed by atoms with E-state index in [0.29, 0.717) is 25.5 Å². The van der Waals surface area contributed by atoms with Crippen molar-refractivity contribution in [1.82, 2.24) is 19.4 Å². The molecule has 0 saturated carbocycles. The fourth-order valence-electron chi connectivity index (χ4n) is 3.80. The summed E-state index contributed by atoms with van der Waals surface area (Å²) in [7, 11) is 5.70. The summed E-state index contributed by atoms with van der Waals surface area (Å²) in [5.74, 6) is 0.432. The average Bonchev–Trinajstić information content (AvgIpc) is 2.94. The number of nitrogens with one attached hydrogen (secondary N) is 1. The Bertz CT molecular complexity index is 1150. The number of carbonyl (C=O) groups excluding carboxylic acids is 2. The topological polar surface area (TPSA) is 70.5 Å². The molecule has 0 bridgehead atoms. The van der Waals surface area contributed by atoms with Crippen LogP contribution in [0.4, 0.5) is 5.82 Å². The van der Waals surface area contributed by atoms with Crippen molar-refractivity contribution in [1.29, 1.82) is 0 Å². The average molecular weight is 403 g/mol. The highest BCUT2D eigenvalue weighted by molar-refractivity contribution is 5.94. The zero-order valence-electron chi connectivity index (χ0n) is 17.4. The van der Waals surface area contributed by atoms with Gasteiger partial charge in [-0.2, -0.15) is 0 Å². The molecule has 3 heterocycles. The van der Waals surface area contributed by atoms with Gasteiger partial charge in [-0.3, -0.25) is 14.5 Å². The molecule has 3 aromatic rings. The molecule has 0 spiro atoms. The molecule has 1 aliphatic rings. The van der Waals surface area contributed by atoms with Gasteiger partial charge in [0.2, 0.25) is 11.8 Å². The molecule has 0 unspecified atom stereocenters. The molecule has 4 rings (SSSR count). The molecule has 7 heteroatoms. The molecule has 0 aliphatic carbocycles. The second-order valence-corrected chi connectivity index (χ2v) is 7.81. The fourth-order valence-corrected chi connectivity index (χ4v) is 3.80. The smallest absolute Gasteiger partial charge is 0.246 e. The Kier molecular flexibility index (Phi) is 5.37. The number of carbonyl (C=O) groups is 2. The van der Waals surface area contributed by atoms with Gasteiger partial charge < -0.3 is 14.8 Å². The number of benzene rings is 1. The fraction of sp³-hybridized carbons (Fsp3) is 0.261. The third kappa shape index (κ3) is 4.11. The molecule has 30 heavy (non-hydrogen) atoms. The number of aryl methyl sites for hydroxylation is 1. The maximum atomic E-state index is 12.6. The van der Waals surface area contributed by atoms with E-state index in [1.807, 2.05) is 37.2 Å². The number of aromatic nitrogens is 2. The van der Waals surface area contributed by atoms with Crippen LogP contribution in [0.5, 0.6) is 0 Å². The van der Waals surface area contributed by atoms with Crippen LogP contribution in [0.2, 0.25) is 0 Å². The summed E-state index contributed by atoms with van der Waals surface area (Å²) in [6.07, 6.45) is 7.06. The van der Waals surface area contributed by atoms with Gasteiger partial charge in [0.1, 0.15) is 5.82 Å². The number of para-hydroxylation sites is 1. The molecule has 0 saturated heterocycles. The van der Waals surface area contributed by atoms with Crippen molar-refractivity contribution in [3.05, 3.63) is 65.5 Å². The van der Waals surface area contributed by atoms with Crippen LogP contribution in [-0.2, 0) is 29.7 Å². The Morgan fingerprint density at radius 2 is 2.07 bits per heavy atom. The van der Waals surface area contributed by atoms with Gasteiger partial charge in [-0.15, -0.1) is 0 Å². The molecule has 2 amide bonds. The van der Waals surface area contributed by atoms with Crippen LogP contribution in [0.15, 0.2) is 48.8 Å². The number of amides is 2. The minimum Gasteiger partial charge on any atom is -0.350 e. The summed E-state index contributed by atoms with van der Waals surface area (Å²) in [6, 6.07) is 10.1. The minimum absolute atomic E-state index is 0.0720. The number of hydrogen-bond donors (Lipinski definition) is 1. The summed E-state index contributed by atoms with van der Waals surface area (Å²) in [4.78, 5) is 32.4. The van der Waals surface area contributed by atoms with Crippen LogP contribution in [0.25, 0.3) is 17.0 Å². The van der Waals surface area contributed by atoms with E-state index in [1.165, 1.54) is 0 Å². The molecule has 1 aliphatic heterocycles. The van der Waals surface area contributed by atoms with Crippen LogP contribution in [-0.4, -0.2) is 51.8 Å². The van der Waals surface area contributed by atoms with Gasteiger partial charge >= 0.3 is 0 Å². The molecule has 2 aromatic heterocycles. The summed E-state index contributed by atoms with van der Waals surface area (Å²) in [6.45, 7) is 1.49. The van der Waals surface area contributed by atoms with Gasteiger partial charge in [-0.25, -0.2) is 4.98 Å². The lowest BCUT2D eigenvalue weighted by Gasteiger charge is -2.14. The number of rotatable bonds is 4. The van der Waals surface area contributed by atoms with E-state index in [0.717, 1.165) is 27.6 Å². The van der Waals surface area contributed by atoms with Crippen molar-refractivity contribution < 1.29 is 9.59 Å². The zero-order chi connectivity index (χ0) is 21.3. The van der Waals surface area contributed by atoms with E-state index in [2.05, 4.69) is 33.2 Å². The van der Waals surface area contributed by atoms with Gasteiger partial charge in [0.05, 0.1) is 6.54 Å². The van der Waals surface area contributed by atoms with Gasteiger partial charge in [0.15, 0.2) is 0 Å². The van der Waals surface area contributed by atoms with E-state index in [1.54, 1.807) is 30.3 Å². The maximum Gasteiger partial charge on any atom is 0.246 e. The van der Waals surface area contributed by atoms with Gasteiger partial charge in [-0.1, -0.05) is 18.2 Å². The highest BCUT2D eigenvalue weighted by atomic mass is 16.2. The van der Waals surface area contributed by atoms with Crippen molar-refractivity contribution in [2.75, 3.05) is 26.0 Å². The van der Waals surface area contributed by atoms with Gasteiger partial charge in [0, 0.05) is 62.1 Å². The molecular formula is C23H25N5O2. The lowest BCUT2D eigenvalue weighted by atomic mass is 10.1.